The van der Waals surface area contributed by atoms with E-state index in [2.05, 4.69) is 13.8 Å². The van der Waals surface area contributed by atoms with Gasteiger partial charge in [0.05, 0.1) is 0 Å². The second-order valence-corrected chi connectivity index (χ2v) is 13.3. The first kappa shape index (κ1) is 24.2. The second-order valence-electron chi connectivity index (χ2n) is 10.1. The molecule has 0 nitrogen and oxygen atoms in total. The SMILES string of the molecule is C1CCCC1.CC1CCCC1[C@@H](C)P(C1CCCCC1)C1CCCCC1.[Fe]. The van der Waals surface area contributed by atoms with E-state index in [9.17, 15) is 0 Å². The van der Waals surface area contributed by atoms with Crippen LogP contribution in [0.25, 0.3) is 0 Å². The third-order valence-electron chi connectivity index (χ3n) is 8.26. The predicted molar refractivity (Wildman–Crippen MR) is 120 cm³/mol. The Morgan fingerprint density at radius 3 is 1.33 bits per heavy atom. The molecule has 0 radical (unpaired) electrons. The van der Waals surface area contributed by atoms with Crippen LogP contribution in [0.2, 0.25) is 0 Å². The third kappa shape index (κ3) is 7.30. The number of hydrogen-bond donors (Lipinski definition) is 0. The molecule has 0 aromatic heterocycles. The summed E-state index contributed by atoms with van der Waals surface area (Å²) in [5, 5.41) is 0. The van der Waals surface area contributed by atoms with E-state index in [0.717, 1.165) is 28.8 Å². The molecule has 0 spiro atoms. The Balaban J connectivity index is 0.000000379. The molecule has 0 aromatic rings. The largest absolute Gasteiger partial charge is 0.0971 e. The molecule has 0 heterocycles. The fourth-order valence-corrected chi connectivity index (χ4v) is 11.5. The van der Waals surface area contributed by atoms with Crippen molar-refractivity contribution in [3.05, 3.63) is 0 Å². The standard InChI is InChI=1S/C20H37P.C5H10.Fe/c1-16-10-9-15-20(16)17(2)21(18-11-5-3-6-12-18)19-13-7-4-8-14-19;1-2-4-5-3-1;/h16-20H,3-15H2,1-2H3;1-5H2;/t16?,17-,20?;;/m1../s1. The topological polar surface area (TPSA) is 0 Å². The van der Waals surface area contributed by atoms with Gasteiger partial charge in [-0.25, -0.2) is 0 Å². The molecule has 4 rings (SSSR count). The van der Waals surface area contributed by atoms with E-state index in [1.54, 1.807) is 57.8 Å². The summed E-state index contributed by atoms with van der Waals surface area (Å²) < 4.78 is 0. The number of hydrogen-bond acceptors (Lipinski definition) is 0. The normalized spacial score (nSPS) is 31.2. The molecule has 27 heavy (non-hydrogen) atoms. The first-order valence-electron chi connectivity index (χ1n) is 12.5. The molecule has 0 bridgehead atoms. The maximum Gasteiger partial charge on any atom is 0 e. The molecular weight excluding hydrogens is 387 g/mol. The average Bonchev–Trinajstić information content (AvgIpc) is 3.38. The van der Waals surface area contributed by atoms with Gasteiger partial charge in [-0.2, -0.15) is 0 Å². The summed E-state index contributed by atoms with van der Waals surface area (Å²) in [6, 6.07) is 0. The summed E-state index contributed by atoms with van der Waals surface area (Å²) in [7, 11) is 0.304. The van der Waals surface area contributed by atoms with Crippen LogP contribution in [0.1, 0.15) is 129 Å². The van der Waals surface area contributed by atoms with Crippen molar-refractivity contribution in [3.8, 4) is 0 Å². The third-order valence-corrected chi connectivity index (χ3v) is 12.3. The molecular formula is C25H47FeP. The molecule has 0 aliphatic heterocycles. The van der Waals surface area contributed by atoms with E-state index in [-0.39, 0.29) is 17.1 Å². The van der Waals surface area contributed by atoms with Crippen molar-refractivity contribution in [1.82, 2.24) is 0 Å². The molecule has 4 aliphatic rings. The summed E-state index contributed by atoms with van der Waals surface area (Å²) in [6.07, 6.45) is 27.7. The first-order valence-corrected chi connectivity index (χ1v) is 14.1. The summed E-state index contributed by atoms with van der Waals surface area (Å²) in [5.74, 6) is 2.11. The van der Waals surface area contributed by atoms with Crippen LogP contribution in [0.4, 0.5) is 0 Å². The minimum Gasteiger partial charge on any atom is -0.0971 e. The van der Waals surface area contributed by atoms with Crippen LogP contribution in [0.5, 0.6) is 0 Å². The van der Waals surface area contributed by atoms with Crippen LogP contribution in [-0.4, -0.2) is 17.0 Å². The van der Waals surface area contributed by atoms with E-state index < -0.39 is 0 Å². The summed E-state index contributed by atoms with van der Waals surface area (Å²) >= 11 is 0. The van der Waals surface area contributed by atoms with Crippen molar-refractivity contribution in [2.24, 2.45) is 11.8 Å². The van der Waals surface area contributed by atoms with E-state index >= 15 is 0 Å². The summed E-state index contributed by atoms with van der Waals surface area (Å²) in [6.45, 7) is 5.25. The van der Waals surface area contributed by atoms with Crippen LogP contribution < -0.4 is 0 Å². The van der Waals surface area contributed by atoms with Crippen molar-refractivity contribution in [1.29, 1.82) is 0 Å². The van der Waals surface area contributed by atoms with Gasteiger partial charge in [-0.05, 0) is 60.9 Å². The zero-order chi connectivity index (χ0) is 18.2. The molecule has 3 atom stereocenters. The monoisotopic (exact) mass is 434 g/mol. The zero-order valence-electron chi connectivity index (χ0n) is 18.4. The Morgan fingerprint density at radius 2 is 0.963 bits per heavy atom. The van der Waals surface area contributed by atoms with Gasteiger partial charge < -0.3 is 0 Å². The zero-order valence-corrected chi connectivity index (χ0v) is 20.4. The summed E-state index contributed by atoms with van der Waals surface area (Å²) in [5.41, 5.74) is 3.38. The Morgan fingerprint density at radius 1 is 0.556 bits per heavy atom. The van der Waals surface area contributed by atoms with Gasteiger partial charge >= 0.3 is 0 Å². The molecule has 4 fully saturated rings. The van der Waals surface area contributed by atoms with Crippen molar-refractivity contribution in [3.63, 3.8) is 0 Å². The molecule has 0 N–H and O–H groups in total. The Labute approximate surface area is 183 Å². The minimum atomic E-state index is 0. The maximum absolute atomic E-state index is 2.70. The van der Waals surface area contributed by atoms with Crippen LogP contribution in [0, 0.1) is 11.8 Å². The fourth-order valence-electron chi connectivity index (χ4n) is 6.72. The van der Waals surface area contributed by atoms with E-state index in [0.29, 0.717) is 7.92 Å². The minimum absolute atomic E-state index is 0. The quantitative estimate of drug-likeness (QED) is 0.306. The molecule has 2 heteroatoms. The smallest absolute Gasteiger partial charge is 0 e. The van der Waals surface area contributed by atoms with Crippen LogP contribution in [0.3, 0.4) is 0 Å². The Hall–Kier alpha value is 0.949. The van der Waals surface area contributed by atoms with Gasteiger partial charge in [0.15, 0.2) is 0 Å². The molecule has 160 valence electrons. The van der Waals surface area contributed by atoms with E-state index in [1.807, 2.05) is 0 Å². The van der Waals surface area contributed by atoms with Crippen LogP contribution in [-0.2, 0) is 17.1 Å². The van der Waals surface area contributed by atoms with Crippen molar-refractivity contribution in [2.75, 3.05) is 0 Å². The Bertz CT molecular complexity index is 343. The van der Waals surface area contributed by atoms with Crippen LogP contribution in [0.15, 0.2) is 0 Å². The van der Waals surface area contributed by atoms with Gasteiger partial charge in [0.2, 0.25) is 0 Å². The van der Waals surface area contributed by atoms with Gasteiger partial charge in [0.25, 0.3) is 0 Å². The van der Waals surface area contributed by atoms with E-state index in [1.165, 1.54) is 57.8 Å². The molecule has 2 unspecified atom stereocenters. The van der Waals surface area contributed by atoms with Gasteiger partial charge in [0, 0.05) is 17.1 Å². The second kappa shape index (κ2) is 13.3. The summed E-state index contributed by atoms with van der Waals surface area (Å²) in [4.78, 5) is 0. The average molecular weight is 434 g/mol. The van der Waals surface area contributed by atoms with Gasteiger partial charge in [-0.1, -0.05) is 105 Å². The predicted octanol–water partition coefficient (Wildman–Crippen LogP) is 8.91. The molecule has 0 saturated heterocycles. The van der Waals surface area contributed by atoms with Crippen LogP contribution >= 0.6 is 7.92 Å². The molecule has 0 aromatic carbocycles. The Kier molecular flexibility index (Phi) is 11.9. The van der Waals surface area contributed by atoms with Crippen molar-refractivity contribution >= 4 is 7.92 Å². The van der Waals surface area contributed by atoms with Crippen molar-refractivity contribution in [2.45, 2.75) is 146 Å². The molecule has 4 saturated carbocycles. The van der Waals surface area contributed by atoms with Gasteiger partial charge in [-0.15, -0.1) is 0 Å². The molecule has 4 aliphatic carbocycles. The van der Waals surface area contributed by atoms with E-state index in [4.69, 9.17) is 0 Å². The van der Waals surface area contributed by atoms with Gasteiger partial charge in [0.1, 0.15) is 0 Å². The molecule has 0 amide bonds. The first-order chi connectivity index (χ1) is 12.8. The number of rotatable bonds is 4. The fraction of sp³-hybridized carbons (Fsp3) is 1.00. The van der Waals surface area contributed by atoms with Gasteiger partial charge in [-0.3, -0.25) is 0 Å². The van der Waals surface area contributed by atoms with Crippen molar-refractivity contribution < 1.29 is 17.1 Å². The maximum atomic E-state index is 2.70.